The molecule has 5 rings (SSSR count). The Bertz CT molecular complexity index is 1100. The molecule has 2 aliphatic heterocycles. The Labute approximate surface area is 174 Å². The Morgan fingerprint density at radius 2 is 1.50 bits per heavy atom. The first kappa shape index (κ1) is 18.5. The molecule has 0 saturated carbocycles. The number of nitrogens with zero attached hydrogens (tertiary/aromatic N) is 3. The maximum Gasteiger partial charge on any atom is 0.266 e. The number of hydroxylamine groups is 1. The quantitative estimate of drug-likeness (QED) is 0.628. The molecule has 30 heavy (non-hydrogen) atoms. The van der Waals surface area contributed by atoms with Gasteiger partial charge in [-0.05, 0) is 54.8 Å². The van der Waals surface area contributed by atoms with Crippen LogP contribution in [0.2, 0.25) is 0 Å². The molecule has 0 bridgehead atoms. The molecule has 2 amide bonds. The molecule has 0 radical (unpaired) electrons. The van der Waals surface area contributed by atoms with E-state index in [0.29, 0.717) is 5.69 Å². The fourth-order valence-electron chi connectivity index (χ4n) is 4.49. The number of imide groups is 1. The molecular formula is C24H21N3O3. The van der Waals surface area contributed by atoms with Crippen molar-refractivity contribution in [1.82, 2.24) is 4.98 Å². The lowest BCUT2D eigenvalue weighted by Gasteiger charge is -2.29. The molecule has 0 unspecified atom stereocenters. The lowest BCUT2D eigenvalue weighted by Crippen LogP contribution is -2.38. The Morgan fingerprint density at radius 3 is 2.17 bits per heavy atom. The summed E-state index contributed by atoms with van der Waals surface area (Å²) < 4.78 is 0. The SMILES string of the molecule is Cc1cccc(C)c1N1C(=O)[C@H]2[C@@H](c3ccncc3)N(c3ccccc3)O[C@H]2C1=O. The molecule has 6 heteroatoms. The predicted octanol–water partition coefficient (Wildman–Crippen LogP) is 3.75. The number of amides is 2. The van der Waals surface area contributed by atoms with Crippen molar-refractivity contribution in [2.75, 3.05) is 9.96 Å². The second kappa shape index (κ2) is 7.07. The van der Waals surface area contributed by atoms with Gasteiger partial charge in [-0.1, -0.05) is 36.4 Å². The highest BCUT2D eigenvalue weighted by Gasteiger charge is 2.60. The summed E-state index contributed by atoms with van der Waals surface area (Å²) in [5.41, 5.74) is 4.11. The minimum absolute atomic E-state index is 0.234. The van der Waals surface area contributed by atoms with Gasteiger partial charge in [0, 0.05) is 12.4 Å². The minimum atomic E-state index is -0.866. The number of anilines is 2. The number of hydrogen-bond acceptors (Lipinski definition) is 5. The summed E-state index contributed by atoms with van der Waals surface area (Å²) in [5, 5.41) is 1.70. The Hall–Kier alpha value is -3.51. The molecule has 0 N–H and O–H groups in total. The van der Waals surface area contributed by atoms with Gasteiger partial charge in [0.1, 0.15) is 5.92 Å². The van der Waals surface area contributed by atoms with Crippen molar-refractivity contribution < 1.29 is 14.4 Å². The largest absolute Gasteiger partial charge is 0.273 e. The van der Waals surface area contributed by atoms with Crippen LogP contribution >= 0.6 is 0 Å². The van der Waals surface area contributed by atoms with Crippen molar-refractivity contribution in [2.24, 2.45) is 5.92 Å². The fraction of sp³-hybridized carbons (Fsp3) is 0.208. The lowest BCUT2D eigenvalue weighted by molar-refractivity contribution is -0.126. The molecule has 0 aliphatic carbocycles. The van der Waals surface area contributed by atoms with E-state index in [1.54, 1.807) is 17.5 Å². The van der Waals surface area contributed by atoms with Crippen LogP contribution in [0.25, 0.3) is 0 Å². The zero-order valence-corrected chi connectivity index (χ0v) is 16.7. The van der Waals surface area contributed by atoms with E-state index in [0.717, 1.165) is 22.4 Å². The van der Waals surface area contributed by atoms with Gasteiger partial charge in [-0.3, -0.25) is 19.4 Å². The molecule has 3 aromatic rings. The highest BCUT2D eigenvalue weighted by atomic mass is 16.7. The average Bonchev–Trinajstić information content (AvgIpc) is 3.27. The smallest absolute Gasteiger partial charge is 0.266 e. The molecule has 1 aromatic heterocycles. The average molecular weight is 399 g/mol. The van der Waals surface area contributed by atoms with E-state index in [4.69, 9.17) is 4.84 Å². The van der Waals surface area contributed by atoms with Crippen LogP contribution < -0.4 is 9.96 Å². The zero-order valence-electron chi connectivity index (χ0n) is 16.7. The number of carbonyl (C=O) groups is 2. The molecule has 2 aromatic carbocycles. The first-order chi connectivity index (χ1) is 14.6. The number of benzene rings is 2. The van der Waals surface area contributed by atoms with Crippen LogP contribution in [0.15, 0.2) is 73.1 Å². The van der Waals surface area contributed by atoms with E-state index in [1.165, 1.54) is 4.90 Å². The normalized spacial score (nSPS) is 23.2. The number of para-hydroxylation sites is 2. The standard InChI is InChI=1S/C24H21N3O3/c1-15-7-6-8-16(2)20(15)26-23(28)19-21(17-11-13-25-14-12-17)27(30-22(19)24(26)29)18-9-4-3-5-10-18/h3-14,19,21-22H,1-2H3/t19-,21+,22+/m0/s1. The number of rotatable bonds is 3. The van der Waals surface area contributed by atoms with Crippen molar-refractivity contribution in [3.05, 3.63) is 89.7 Å². The Balaban J connectivity index is 1.61. The minimum Gasteiger partial charge on any atom is -0.273 e. The molecule has 2 fully saturated rings. The van der Waals surface area contributed by atoms with Crippen molar-refractivity contribution >= 4 is 23.2 Å². The van der Waals surface area contributed by atoms with Crippen molar-refractivity contribution in [1.29, 1.82) is 0 Å². The van der Waals surface area contributed by atoms with Gasteiger partial charge in [-0.25, -0.2) is 9.96 Å². The van der Waals surface area contributed by atoms with E-state index in [2.05, 4.69) is 4.98 Å². The van der Waals surface area contributed by atoms with E-state index in [1.807, 2.05) is 74.5 Å². The van der Waals surface area contributed by atoms with Gasteiger partial charge < -0.3 is 0 Å². The van der Waals surface area contributed by atoms with E-state index in [-0.39, 0.29) is 11.8 Å². The monoisotopic (exact) mass is 399 g/mol. The highest BCUT2D eigenvalue weighted by Crippen LogP contribution is 2.48. The van der Waals surface area contributed by atoms with Crippen LogP contribution in [-0.4, -0.2) is 22.9 Å². The maximum absolute atomic E-state index is 13.6. The molecule has 2 aliphatic rings. The molecule has 6 nitrogen and oxygen atoms in total. The zero-order chi connectivity index (χ0) is 20.8. The predicted molar refractivity (Wildman–Crippen MR) is 113 cm³/mol. The number of aromatic nitrogens is 1. The third kappa shape index (κ3) is 2.72. The molecule has 2 saturated heterocycles. The number of fused-ring (bicyclic) bond motifs is 1. The van der Waals surface area contributed by atoms with E-state index < -0.39 is 18.1 Å². The lowest BCUT2D eigenvalue weighted by atomic mass is 9.91. The Kier molecular flexibility index (Phi) is 4.37. The second-order valence-electron chi connectivity index (χ2n) is 7.69. The fourth-order valence-corrected chi connectivity index (χ4v) is 4.49. The third-order valence-electron chi connectivity index (χ3n) is 5.84. The van der Waals surface area contributed by atoms with Gasteiger partial charge in [0.15, 0.2) is 6.10 Å². The van der Waals surface area contributed by atoms with Gasteiger partial charge in [-0.2, -0.15) is 0 Å². The van der Waals surface area contributed by atoms with Crippen LogP contribution in [-0.2, 0) is 14.4 Å². The second-order valence-corrected chi connectivity index (χ2v) is 7.69. The van der Waals surface area contributed by atoms with E-state index >= 15 is 0 Å². The van der Waals surface area contributed by atoms with Crippen LogP contribution in [0, 0.1) is 19.8 Å². The summed E-state index contributed by atoms with van der Waals surface area (Å²) in [5.74, 6) is -1.19. The maximum atomic E-state index is 13.6. The first-order valence-electron chi connectivity index (χ1n) is 9.93. The van der Waals surface area contributed by atoms with Crippen molar-refractivity contribution in [3.8, 4) is 0 Å². The highest BCUT2D eigenvalue weighted by molar-refractivity contribution is 6.24. The summed E-state index contributed by atoms with van der Waals surface area (Å²) in [6, 6.07) is 18.6. The van der Waals surface area contributed by atoms with E-state index in [9.17, 15) is 9.59 Å². The Morgan fingerprint density at radius 1 is 0.833 bits per heavy atom. The number of aryl methyl sites for hydroxylation is 2. The first-order valence-corrected chi connectivity index (χ1v) is 9.93. The molecule has 3 atom stereocenters. The summed E-state index contributed by atoms with van der Waals surface area (Å²) in [4.78, 5) is 38.6. The summed E-state index contributed by atoms with van der Waals surface area (Å²) in [7, 11) is 0. The molecular weight excluding hydrogens is 378 g/mol. The van der Waals surface area contributed by atoms with Gasteiger partial charge >= 0.3 is 0 Å². The number of pyridine rings is 1. The van der Waals surface area contributed by atoms with Crippen LogP contribution in [0.3, 0.4) is 0 Å². The molecule has 3 heterocycles. The van der Waals surface area contributed by atoms with Crippen molar-refractivity contribution in [2.45, 2.75) is 26.0 Å². The van der Waals surface area contributed by atoms with Gasteiger partial charge in [0.05, 0.1) is 17.4 Å². The number of carbonyl (C=O) groups excluding carboxylic acids is 2. The van der Waals surface area contributed by atoms with Crippen LogP contribution in [0.1, 0.15) is 22.7 Å². The summed E-state index contributed by atoms with van der Waals surface area (Å²) in [6.45, 7) is 3.82. The van der Waals surface area contributed by atoms with Gasteiger partial charge in [0.25, 0.3) is 5.91 Å². The molecule has 0 spiro atoms. The van der Waals surface area contributed by atoms with Crippen LogP contribution in [0.4, 0.5) is 11.4 Å². The van der Waals surface area contributed by atoms with Gasteiger partial charge in [-0.15, -0.1) is 0 Å². The molecule has 150 valence electrons. The number of hydrogen-bond donors (Lipinski definition) is 0. The summed E-state index contributed by atoms with van der Waals surface area (Å²) in [6.07, 6.45) is 2.52. The topological polar surface area (TPSA) is 62.7 Å². The van der Waals surface area contributed by atoms with Crippen molar-refractivity contribution in [3.63, 3.8) is 0 Å². The summed E-state index contributed by atoms with van der Waals surface area (Å²) >= 11 is 0. The van der Waals surface area contributed by atoms with Crippen LogP contribution in [0.5, 0.6) is 0 Å². The van der Waals surface area contributed by atoms with Gasteiger partial charge in [0.2, 0.25) is 5.91 Å². The third-order valence-corrected chi connectivity index (χ3v) is 5.84.